The maximum Gasteiger partial charge on any atom is 0.225 e. The van der Waals surface area contributed by atoms with E-state index in [9.17, 15) is 18.0 Å². The average Bonchev–Trinajstić information content (AvgIpc) is 3.17. The zero-order valence-corrected chi connectivity index (χ0v) is 16.6. The van der Waals surface area contributed by atoms with E-state index in [2.05, 4.69) is 5.32 Å². The molecule has 0 saturated carbocycles. The largest absolute Gasteiger partial charge is 0.349 e. The number of benzene rings is 1. The Labute approximate surface area is 158 Å². The lowest BCUT2D eigenvalue weighted by Gasteiger charge is -2.23. The average molecular weight is 397 g/mol. The number of nitrogens with one attached hydrogen (secondary N) is 1. The number of likely N-dealkylation sites (tertiary alicyclic amines) is 1. The second-order valence-corrected chi connectivity index (χ2v) is 10.1. The zero-order valence-electron chi connectivity index (χ0n) is 15.0. The topological polar surface area (TPSA) is 83.6 Å². The van der Waals surface area contributed by atoms with Crippen molar-refractivity contribution in [3.63, 3.8) is 0 Å². The molecule has 8 heteroatoms. The molecule has 3 rings (SSSR count). The summed E-state index contributed by atoms with van der Waals surface area (Å²) in [5, 5.41) is 2.98. The Morgan fingerprint density at radius 3 is 2.58 bits per heavy atom. The van der Waals surface area contributed by atoms with Crippen molar-refractivity contribution >= 4 is 33.4 Å². The standard InChI is InChI=1S/C18H24N2O4S2/c1-12(13-3-5-16(25-2)6-4-13)19-18(22)14-9-17(21)20(10-14)15-7-8-26(23,24)11-15/h3-6,12,14-15H,7-11H2,1-2H3,(H,19,22). The van der Waals surface area contributed by atoms with Crippen LogP contribution < -0.4 is 5.32 Å². The molecular formula is C18H24N2O4S2. The van der Waals surface area contributed by atoms with E-state index in [0.717, 1.165) is 10.5 Å². The van der Waals surface area contributed by atoms with Crippen molar-refractivity contribution in [3.05, 3.63) is 29.8 Å². The van der Waals surface area contributed by atoms with Gasteiger partial charge in [-0.05, 0) is 37.3 Å². The summed E-state index contributed by atoms with van der Waals surface area (Å²) in [4.78, 5) is 27.6. The van der Waals surface area contributed by atoms with E-state index in [0.29, 0.717) is 13.0 Å². The van der Waals surface area contributed by atoms with Crippen LogP contribution in [0.1, 0.15) is 31.4 Å². The van der Waals surface area contributed by atoms with Crippen molar-refractivity contribution in [3.8, 4) is 0 Å². The molecular weight excluding hydrogens is 372 g/mol. The number of nitrogens with zero attached hydrogens (tertiary/aromatic N) is 1. The van der Waals surface area contributed by atoms with E-state index in [1.165, 1.54) is 0 Å². The number of hydrogen-bond acceptors (Lipinski definition) is 5. The summed E-state index contributed by atoms with van der Waals surface area (Å²) < 4.78 is 23.3. The molecule has 2 heterocycles. The third-order valence-electron chi connectivity index (χ3n) is 5.15. The van der Waals surface area contributed by atoms with Crippen LogP contribution >= 0.6 is 11.8 Å². The van der Waals surface area contributed by atoms with Crippen LogP contribution in [0.5, 0.6) is 0 Å². The van der Waals surface area contributed by atoms with Crippen LogP contribution in [-0.2, 0) is 19.4 Å². The van der Waals surface area contributed by atoms with Gasteiger partial charge in [0.05, 0.1) is 23.5 Å². The lowest BCUT2D eigenvalue weighted by atomic mass is 10.0. The normalized spacial score (nSPS) is 26.1. The fraction of sp³-hybridized carbons (Fsp3) is 0.556. The molecule has 3 atom stereocenters. The van der Waals surface area contributed by atoms with Gasteiger partial charge in [0.1, 0.15) is 0 Å². The first kappa shape index (κ1) is 19.2. The van der Waals surface area contributed by atoms with Crippen LogP contribution in [-0.4, -0.2) is 55.5 Å². The predicted molar refractivity (Wildman–Crippen MR) is 102 cm³/mol. The van der Waals surface area contributed by atoms with Gasteiger partial charge in [-0.3, -0.25) is 9.59 Å². The minimum absolute atomic E-state index is 0.0191. The third kappa shape index (κ3) is 4.23. The quantitative estimate of drug-likeness (QED) is 0.765. The molecule has 0 aliphatic carbocycles. The molecule has 2 amide bonds. The lowest BCUT2D eigenvalue weighted by Crippen LogP contribution is -2.39. The predicted octanol–water partition coefficient (Wildman–Crippen LogP) is 1.62. The van der Waals surface area contributed by atoms with Crippen molar-refractivity contribution in [1.82, 2.24) is 10.2 Å². The number of carbonyl (C=O) groups is 2. The van der Waals surface area contributed by atoms with Gasteiger partial charge in [-0.2, -0.15) is 0 Å². The minimum atomic E-state index is -3.05. The number of sulfone groups is 1. The summed E-state index contributed by atoms with van der Waals surface area (Å²) >= 11 is 1.66. The second kappa shape index (κ2) is 7.60. The molecule has 26 heavy (non-hydrogen) atoms. The van der Waals surface area contributed by atoms with Gasteiger partial charge in [0.15, 0.2) is 9.84 Å². The first-order chi connectivity index (χ1) is 12.3. The summed E-state index contributed by atoms with van der Waals surface area (Å²) in [6, 6.07) is 7.60. The Balaban J connectivity index is 1.59. The van der Waals surface area contributed by atoms with Crippen molar-refractivity contribution in [2.45, 2.75) is 36.7 Å². The van der Waals surface area contributed by atoms with E-state index in [-0.39, 0.29) is 41.8 Å². The van der Waals surface area contributed by atoms with E-state index >= 15 is 0 Å². The first-order valence-corrected chi connectivity index (χ1v) is 11.8. The van der Waals surface area contributed by atoms with Crippen molar-refractivity contribution in [1.29, 1.82) is 0 Å². The van der Waals surface area contributed by atoms with Crippen LogP contribution in [0.15, 0.2) is 29.2 Å². The highest BCUT2D eigenvalue weighted by Crippen LogP contribution is 2.27. The zero-order chi connectivity index (χ0) is 18.9. The molecule has 142 valence electrons. The lowest BCUT2D eigenvalue weighted by molar-refractivity contribution is -0.130. The number of hydrogen-bond donors (Lipinski definition) is 1. The summed E-state index contributed by atoms with van der Waals surface area (Å²) in [6.07, 6.45) is 2.64. The molecule has 0 aromatic heterocycles. The van der Waals surface area contributed by atoms with Gasteiger partial charge in [0.25, 0.3) is 0 Å². The van der Waals surface area contributed by atoms with E-state index in [4.69, 9.17) is 0 Å². The van der Waals surface area contributed by atoms with Crippen LogP contribution in [0.3, 0.4) is 0 Å². The number of thioether (sulfide) groups is 1. The second-order valence-electron chi connectivity index (χ2n) is 7.01. The fourth-order valence-electron chi connectivity index (χ4n) is 3.59. The molecule has 2 aliphatic heterocycles. The molecule has 1 aromatic carbocycles. The Hall–Kier alpha value is -1.54. The molecule has 6 nitrogen and oxygen atoms in total. The van der Waals surface area contributed by atoms with Crippen LogP contribution in [0, 0.1) is 5.92 Å². The van der Waals surface area contributed by atoms with Crippen LogP contribution in [0.2, 0.25) is 0 Å². The molecule has 0 radical (unpaired) electrons. The smallest absolute Gasteiger partial charge is 0.225 e. The summed E-state index contributed by atoms with van der Waals surface area (Å²) in [5.74, 6) is -0.543. The highest BCUT2D eigenvalue weighted by Gasteiger charge is 2.42. The summed E-state index contributed by atoms with van der Waals surface area (Å²) in [7, 11) is -3.05. The SMILES string of the molecule is CSc1ccc(C(C)NC(=O)C2CC(=O)N(C3CCS(=O)(=O)C3)C2)cc1. The highest BCUT2D eigenvalue weighted by molar-refractivity contribution is 7.98. The number of rotatable bonds is 5. The van der Waals surface area contributed by atoms with Gasteiger partial charge in [0.2, 0.25) is 11.8 Å². The van der Waals surface area contributed by atoms with Crippen molar-refractivity contribution < 1.29 is 18.0 Å². The van der Waals surface area contributed by atoms with Crippen molar-refractivity contribution in [2.75, 3.05) is 24.3 Å². The van der Waals surface area contributed by atoms with E-state index < -0.39 is 15.8 Å². The maximum absolute atomic E-state index is 12.6. The minimum Gasteiger partial charge on any atom is -0.349 e. The van der Waals surface area contributed by atoms with Gasteiger partial charge < -0.3 is 10.2 Å². The van der Waals surface area contributed by atoms with Gasteiger partial charge in [-0.15, -0.1) is 11.8 Å². The fourth-order valence-corrected chi connectivity index (χ4v) is 5.73. The van der Waals surface area contributed by atoms with Crippen LogP contribution in [0.4, 0.5) is 0 Å². The van der Waals surface area contributed by atoms with Gasteiger partial charge >= 0.3 is 0 Å². The summed E-state index contributed by atoms with van der Waals surface area (Å²) in [6.45, 7) is 2.23. The monoisotopic (exact) mass is 396 g/mol. The molecule has 3 unspecified atom stereocenters. The number of amides is 2. The molecule has 2 aliphatic rings. The Morgan fingerprint density at radius 2 is 2.00 bits per heavy atom. The van der Waals surface area contributed by atoms with Gasteiger partial charge in [-0.25, -0.2) is 8.42 Å². The molecule has 2 saturated heterocycles. The first-order valence-electron chi connectivity index (χ1n) is 8.73. The van der Waals surface area contributed by atoms with Gasteiger partial charge in [0, 0.05) is 23.9 Å². The maximum atomic E-state index is 12.6. The molecule has 1 aromatic rings. The Morgan fingerprint density at radius 1 is 1.31 bits per heavy atom. The van der Waals surface area contributed by atoms with E-state index in [1.54, 1.807) is 16.7 Å². The molecule has 2 fully saturated rings. The Bertz CT molecular complexity index is 792. The van der Waals surface area contributed by atoms with Gasteiger partial charge in [-0.1, -0.05) is 12.1 Å². The third-order valence-corrected chi connectivity index (χ3v) is 7.65. The van der Waals surface area contributed by atoms with Crippen LogP contribution in [0.25, 0.3) is 0 Å². The highest BCUT2D eigenvalue weighted by atomic mass is 32.2. The molecule has 1 N–H and O–H groups in total. The number of carbonyl (C=O) groups excluding carboxylic acids is 2. The summed E-state index contributed by atoms with van der Waals surface area (Å²) in [5.41, 5.74) is 1.01. The molecule has 0 spiro atoms. The molecule has 0 bridgehead atoms. The van der Waals surface area contributed by atoms with E-state index in [1.807, 2.05) is 37.4 Å². The van der Waals surface area contributed by atoms with Crippen molar-refractivity contribution in [2.24, 2.45) is 5.92 Å². The Kier molecular flexibility index (Phi) is 5.62.